The van der Waals surface area contributed by atoms with Gasteiger partial charge in [-0.25, -0.2) is 0 Å². The van der Waals surface area contributed by atoms with Gasteiger partial charge in [-0.1, -0.05) is 30.3 Å². The van der Waals surface area contributed by atoms with Crippen LogP contribution in [0.1, 0.15) is 10.5 Å². The molecule has 3 aromatic rings. The minimum Gasteiger partial charge on any atom is -0.495 e. The first-order valence-electron chi connectivity index (χ1n) is 7.36. The first kappa shape index (κ1) is 15.5. The summed E-state index contributed by atoms with van der Waals surface area (Å²) in [5.74, 6) is 0.800. The van der Waals surface area contributed by atoms with E-state index in [1.165, 1.54) is 0 Å². The molecule has 0 atom stereocenters. The summed E-state index contributed by atoms with van der Waals surface area (Å²) in [6, 6.07) is 20.1. The molecule has 2 aromatic carbocycles. The second-order valence-corrected chi connectivity index (χ2v) is 4.95. The summed E-state index contributed by atoms with van der Waals surface area (Å²) in [6.45, 7) is 0. The Labute approximate surface area is 139 Å². The van der Waals surface area contributed by atoms with Gasteiger partial charge in [-0.05, 0) is 36.4 Å². The summed E-state index contributed by atoms with van der Waals surface area (Å²) in [5.41, 5.74) is 1.70. The Morgan fingerprint density at radius 1 is 0.917 bits per heavy atom. The lowest BCUT2D eigenvalue weighted by Crippen LogP contribution is -2.15. The maximum atomic E-state index is 12.3. The SMILES string of the molecule is COc1ccccc1NC(=O)c1ccc(Nc2ccccc2)nn1. The molecule has 0 aliphatic carbocycles. The number of para-hydroxylation sites is 3. The monoisotopic (exact) mass is 320 g/mol. The molecule has 1 amide bonds. The van der Waals surface area contributed by atoms with Crippen LogP contribution in [-0.2, 0) is 0 Å². The Balaban J connectivity index is 1.70. The van der Waals surface area contributed by atoms with E-state index in [9.17, 15) is 4.79 Å². The van der Waals surface area contributed by atoms with Crippen molar-refractivity contribution in [3.8, 4) is 5.75 Å². The van der Waals surface area contributed by atoms with Crippen LogP contribution in [0.4, 0.5) is 17.2 Å². The highest BCUT2D eigenvalue weighted by Crippen LogP contribution is 2.23. The van der Waals surface area contributed by atoms with Crippen LogP contribution in [0.25, 0.3) is 0 Å². The van der Waals surface area contributed by atoms with Crippen molar-refractivity contribution in [1.82, 2.24) is 10.2 Å². The highest BCUT2D eigenvalue weighted by molar-refractivity contribution is 6.03. The maximum absolute atomic E-state index is 12.3. The largest absolute Gasteiger partial charge is 0.495 e. The van der Waals surface area contributed by atoms with Crippen LogP contribution in [-0.4, -0.2) is 23.2 Å². The molecule has 6 nitrogen and oxygen atoms in total. The van der Waals surface area contributed by atoms with Crippen LogP contribution in [0.3, 0.4) is 0 Å². The number of benzene rings is 2. The number of anilines is 3. The maximum Gasteiger partial charge on any atom is 0.276 e. The number of nitrogens with one attached hydrogen (secondary N) is 2. The number of carbonyl (C=O) groups excluding carboxylic acids is 1. The minimum absolute atomic E-state index is 0.222. The van der Waals surface area contributed by atoms with Crippen molar-refractivity contribution in [2.75, 3.05) is 17.7 Å². The van der Waals surface area contributed by atoms with Crippen molar-refractivity contribution in [2.45, 2.75) is 0 Å². The minimum atomic E-state index is -0.349. The second kappa shape index (κ2) is 7.23. The molecule has 1 aromatic heterocycles. The summed E-state index contributed by atoms with van der Waals surface area (Å²) in [4.78, 5) is 12.3. The molecule has 6 heteroatoms. The molecule has 0 saturated carbocycles. The zero-order valence-electron chi connectivity index (χ0n) is 13.1. The molecular weight excluding hydrogens is 304 g/mol. The Morgan fingerprint density at radius 3 is 2.38 bits per heavy atom. The fraction of sp³-hybridized carbons (Fsp3) is 0.0556. The lowest BCUT2D eigenvalue weighted by molar-refractivity contribution is 0.102. The quantitative estimate of drug-likeness (QED) is 0.752. The fourth-order valence-electron chi connectivity index (χ4n) is 2.12. The normalized spacial score (nSPS) is 10.0. The third-order valence-corrected chi connectivity index (χ3v) is 3.30. The van der Waals surface area contributed by atoms with Crippen LogP contribution < -0.4 is 15.4 Å². The summed E-state index contributed by atoms with van der Waals surface area (Å²) in [6.07, 6.45) is 0. The van der Waals surface area contributed by atoms with Crippen molar-refractivity contribution >= 4 is 23.1 Å². The number of hydrogen-bond donors (Lipinski definition) is 2. The van der Waals surface area contributed by atoms with E-state index in [0.29, 0.717) is 17.3 Å². The predicted molar refractivity (Wildman–Crippen MR) is 92.7 cm³/mol. The zero-order chi connectivity index (χ0) is 16.8. The first-order chi connectivity index (χ1) is 11.8. The van der Waals surface area contributed by atoms with Crippen LogP contribution in [0.2, 0.25) is 0 Å². The fourth-order valence-corrected chi connectivity index (χ4v) is 2.12. The van der Waals surface area contributed by atoms with Gasteiger partial charge in [0.05, 0.1) is 12.8 Å². The topological polar surface area (TPSA) is 76.1 Å². The van der Waals surface area contributed by atoms with Gasteiger partial charge in [0.15, 0.2) is 11.5 Å². The molecule has 0 fully saturated rings. The molecule has 0 radical (unpaired) electrons. The van der Waals surface area contributed by atoms with E-state index in [-0.39, 0.29) is 11.6 Å². The van der Waals surface area contributed by atoms with Crippen LogP contribution >= 0.6 is 0 Å². The predicted octanol–water partition coefficient (Wildman–Crippen LogP) is 3.48. The Hall–Kier alpha value is -3.41. The summed E-state index contributed by atoms with van der Waals surface area (Å²) in [5, 5.41) is 13.9. The average Bonchev–Trinajstić information content (AvgIpc) is 2.63. The number of aromatic nitrogens is 2. The molecule has 0 saturated heterocycles. The Kier molecular flexibility index (Phi) is 4.67. The van der Waals surface area contributed by atoms with Crippen LogP contribution in [0.5, 0.6) is 5.75 Å². The number of ether oxygens (including phenoxy) is 1. The molecule has 2 N–H and O–H groups in total. The molecule has 1 heterocycles. The van der Waals surface area contributed by atoms with Gasteiger partial charge in [-0.3, -0.25) is 4.79 Å². The number of methoxy groups -OCH3 is 1. The number of nitrogens with zero attached hydrogens (tertiary/aromatic N) is 2. The molecule has 0 aliphatic heterocycles. The van der Waals surface area contributed by atoms with Gasteiger partial charge in [0.25, 0.3) is 5.91 Å². The summed E-state index contributed by atoms with van der Waals surface area (Å²) >= 11 is 0. The molecule has 0 spiro atoms. The van der Waals surface area contributed by atoms with Crippen molar-refractivity contribution in [3.05, 3.63) is 72.4 Å². The third kappa shape index (κ3) is 3.67. The van der Waals surface area contributed by atoms with E-state index >= 15 is 0 Å². The third-order valence-electron chi connectivity index (χ3n) is 3.30. The highest BCUT2D eigenvalue weighted by atomic mass is 16.5. The molecule has 0 unspecified atom stereocenters. The lowest BCUT2D eigenvalue weighted by Gasteiger charge is -2.09. The van der Waals surface area contributed by atoms with Gasteiger partial charge >= 0.3 is 0 Å². The Bertz CT molecular complexity index is 820. The van der Waals surface area contributed by atoms with E-state index in [4.69, 9.17) is 4.74 Å². The molecule has 24 heavy (non-hydrogen) atoms. The summed E-state index contributed by atoms with van der Waals surface area (Å²) < 4.78 is 5.21. The van der Waals surface area contributed by atoms with E-state index in [1.807, 2.05) is 42.5 Å². The van der Waals surface area contributed by atoms with E-state index in [0.717, 1.165) is 5.69 Å². The van der Waals surface area contributed by atoms with E-state index in [1.54, 1.807) is 31.4 Å². The number of carbonyl (C=O) groups is 1. The van der Waals surface area contributed by atoms with Crippen molar-refractivity contribution in [2.24, 2.45) is 0 Å². The molecule has 3 rings (SSSR count). The number of hydrogen-bond acceptors (Lipinski definition) is 5. The highest BCUT2D eigenvalue weighted by Gasteiger charge is 2.11. The standard InChI is InChI=1S/C18H16N4O2/c1-24-16-10-6-5-9-14(16)20-18(23)15-11-12-17(22-21-15)19-13-7-3-2-4-8-13/h2-12H,1H3,(H,19,22)(H,20,23). The van der Waals surface area contributed by atoms with Crippen molar-refractivity contribution in [3.63, 3.8) is 0 Å². The Morgan fingerprint density at radius 2 is 1.67 bits per heavy atom. The summed E-state index contributed by atoms with van der Waals surface area (Å²) in [7, 11) is 1.55. The van der Waals surface area contributed by atoms with Gasteiger partial charge < -0.3 is 15.4 Å². The van der Waals surface area contributed by atoms with Gasteiger partial charge in [0, 0.05) is 5.69 Å². The molecule has 0 bridgehead atoms. The van der Waals surface area contributed by atoms with Crippen molar-refractivity contribution < 1.29 is 9.53 Å². The van der Waals surface area contributed by atoms with Crippen molar-refractivity contribution in [1.29, 1.82) is 0 Å². The first-order valence-corrected chi connectivity index (χ1v) is 7.36. The number of amides is 1. The van der Waals surface area contributed by atoms with Crippen LogP contribution in [0.15, 0.2) is 66.7 Å². The average molecular weight is 320 g/mol. The van der Waals surface area contributed by atoms with Gasteiger partial charge in [0.1, 0.15) is 5.75 Å². The number of rotatable bonds is 5. The lowest BCUT2D eigenvalue weighted by atomic mass is 10.2. The second-order valence-electron chi connectivity index (χ2n) is 4.95. The molecule has 0 aliphatic rings. The van der Waals surface area contributed by atoms with Crippen LogP contribution in [0, 0.1) is 0 Å². The van der Waals surface area contributed by atoms with Gasteiger partial charge in [0.2, 0.25) is 0 Å². The van der Waals surface area contributed by atoms with Gasteiger partial charge in [-0.15, -0.1) is 10.2 Å². The molecule has 120 valence electrons. The molecular formula is C18H16N4O2. The van der Waals surface area contributed by atoms with Gasteiger partial charge in [-0.2, -0.15) is 0 Å². The van der Waals surface area contributed by atoms with E-state index < -0.39 is 0 Å². The van der Waals surface area contributed by atoms with E-state index in [2.05, 4.69) is 20.8 Å². The smallest absolute Gasteiger partial charge is 0.276 e. The zero-order valence-corrected chi connectivity index (χ0v) is 13.1.